The average Bonchev–Trinajstić information content (AvgIpc) is 3.26. The first-order valence-corrected chi connectivity index (χ1v) is 29.7. The van der Waals surface area contributed by atoms with Crippen molar-refractivity contribution in [3.8, 4) is 0 Å². The predicted octanol–water partition coefficient (Wildman–Crippen LogP) is 16.8. The highest BCUT2D eigenvalue weighted by molar-refractivity contribution is 7.47. The van der Waals surface area contributed by atoms with E-state index in [4.69, 9.17) is 9.05 Å². The van der Waals surface area contributed by atoms with Crippen molar-refractivity contribution >= 4 is 13.7 Å². The number of unbranched alkanes of at least 4 members (excludes halogenated alkanes) is 37. The molecule has 0 radical (unpaired) electrons. The standard InChI is InChI=1S/C56H111N2O6P/c1-6-8-10-12-14-16-18-20-21-22-23-24-25-26-27-28-29-30-31-32-33-34-35-36-37-38-39-41-43-45-47-49-55(59)54(53-64-65(61,62)63-52-51-58(3,4)5)57-56(60)50-48-46-44-42-40-19-17-15-13-11-9-7-2/h39,41,47,49,54-55,59H,6-38,40,42-46,48,50-53H2,1-5H3,(H-,57,60,61,62)/p+1/b41-39+,49-47+. The Balaban J connectivity index is 4.10. The minimum Gasteiger partial charge on any atom is -0.387 e. The van der Waals surface area contributed by atoms with E-state index in [1.54, 1.807) is 6.08 Å². The lowest BCUT2D eigenvalue weighted by Gasteiger charge is -2.25. The highest BCUT2D eigenvalue weighted by Crippen LogP contribution is 2.43. The van der Waals surface area contributed by atoms with Crippen LogP contribution < -0.4 is 5.32 Å². The molecular formula is C56H112N2O6P+. The molecule has 8 nitrogen and oxygen atoms in total. The number of nitrogens with zero attached hydrogens (tertiary/aromatic N) is 1. The van der Waals surface area contributed by atoms with Gasteiger partial charge < -0.3 is 19.8 Å². The van der Waals surface area contributed by atoms with E-state index in [1.165, 1.54) is 218 Å². The maximum absolute atomic E-state index is 12.9. The lowest BCUT2D eigenvalue weighted by Crippen LogP contribution is -2.45. The quantitative estimate of drug-likeness (QED) is 0.0243. The van der Waals surface area contributed by atoms with Gasteiger partial charge in [-0.2, -0.15) is 0 Å². The molecule has 0 fully saturated rings. The number of hydrogen-bond acceptors (Lipinski definition) is 5. The summed E-state index contributed by atoms with van der Waals surface area (Å²) < 4.78 is 23.6. The highest BCUT2D eigenvalue weighted by atomic mass is 31.2. The Morgan fingerprint density at radius 1 is 0.508 bits per heavy atom. The molecule has 0 saturated heterocycles. The third kappa shape index (κ3) is 50.7. The Morgan fingerprint density at radius 3 is 1.23 bits per heavy atom. The van der Waals surface area contributed by atoms with Crippen molar-refractivity contribution in [2.24, 2.45) is 0 Å². The van der Waals surface area contributed by atoms with E-state index in [0.29, 0.717) is 17.4 Å². The highest BCUT2D eigenvalue weighted by Gasteiger charge is 2.27. The Kier molecular flexibility index (Phi) is 47.3. The second kappa shape index (κ2) is 48.0. The molecule has 3 unspecified atom stereocenters. The van der Waals surface area contributed by atoms with E-state index < -0.39 is 20.0 Å². The predicted molar refractivity (Wildman–Crippen MR) is 281 cm³/mol. The van der Waals surface area contributed by atoms with Crippen LogP contribution >= 0.6 is 7.82 Å². The van der Waals surface area contributed by atoms with Gasteiger partial charge in [-0.3, -0.25) is 13.8 Å². The van der Waals surface area contributed by atoms with Gasteiger partial charge in [0.05, 0.1) is 39.9 Å². The van der Waals surface area contributed by atoms with E-state index in [0.717, 1.165) is 38.5 Å². The maximum Gasteiger partial charge on any atom is 0.472 e. The van der Waals surface area contributed by atoms with Gasteiger partial charge in [0.1, 0.15) is 13.2 Å². The summed E-state index contributed by atoms with van der Waals surface area (Å²) in [4.78, 5) is 23.2. The molecule has 0 aromatic heterocycles. The second-order valence-electron chi connectivity index (χ2n) is 20.7. The van der Waals surface area contributed by atoms with Crippen molar-refractivity contribution in [2.45, 2.75) is 289 Å². The van der Waals surface area contributed by atoms with E-state index in [2.05, 4.69) is 31.3 Å². The van der Waals surface area contributed by atoms with Crippen LogP contribution in [0.15, 0.2) is 24.3 Å². The molecule has 65 heavy (non-hydrogen) atoms. The number of carbonyl (C=O) groups is 1. The van der Waals surface area contributed by atoms with Gasteiger partial charge in [0.15, 0.2) is 0 Å². The third-order valence-electron chi connectivity index (χ3n) is 12.9. The van der Waals surface area contributed by atoms with Crippen LogP contribution in [0.4, 0.5) is 0 Å². The minimum absolute atomic E-state index is 0.0585. The van der Waals surface area contributed by atoms with E-state index in [-0.39, 0.29) is 19.1 Å². The number of hydrogen-bond donors (Lipinski definition) is 3. The number of nitrogens with one attached hydrogen (secondary N) is 1. The molecule has 0 aliphatic heterocycles. The summed E-state index contributed by atoms with van der Waals surface area (Å²) in [5.41, 5.74) is 0. The monoisotopic (exact) mass is 940 g/mol. The van der Waals surface area contributed by atoms with Crippen molar-refractivity contribution in [3.63, 3.8) is 0 Å². The second-order valence-corrected chi connectivity index (χ2v) is 22.1. The Bertz CT molecular complexity index is 1110. The third-order valence-corrected chi connectivity index (χ3v) is 13.9. The Hall–Kier alpha value is -1.02. The molecule has 0 aromatic carbocycles. The minimum atomic E-state index is -4.35. The smallest absolute Gasteiger partial charge is 0.387 e. The van der Waals surface area contributed by atoms with Crippen LogP contribution in [-0.2, 0) is 18.4 Å². The number of aliphatic hydroxyl groups excluding tert-OH is 1. The molecule has 0 heterocycles. The summed E-state index contributed by atoms with van der Waals surface area (Å²) in [5, 5.41) is 13.9. The molecule has 0 saturated carbocycles. The zero-order valence-electron chi connectivity index (χ0n) is 44.0. The fourth-order valence-electron chi connectivity index (χ4n) is 8.47. The molecule has 9 heteroatoms. The van der Waals surface area contributed by atoms with Gasteiger partial charge in [-0.05, 0) is 32.1 Å². The number of quaternary nitrogens is 1. The van der Waals surface area contributed by atoms with E-state index in [1.807, 2.05) is 27.2 Å². The fraction of sp³-hybridized carbons (Fsp3) is 0.911. The molecular weight excluding hydrogens is 828 g/mol. The molecule has 0 spiro atoms. The number of amides is 1. The summed E-state index contributed by atoms with van der Waals surface area (Å²) >= 11 is 0. The van der Waals surface area contributed by atoms with Crippen molar-refractivity contribution in [1.29, 1.82) is 0 Å². The van der Waals surface area contributed by atoms with Crippen LogP contribution in [0.2, 0.25) is 0 Å². The van der Waals surface area contributed by atoms with Crippen LogP contribution in [-0.4, -0.2) is 73.4 Å². The lowest BCUT2D eigenvalue weighted by molar-refractivity contribution is -0.870. The first-order chi connectivity index (χ1) is 31.5. The number of likely N-dealkylation sites (N-methyl/N-ethyl adjacent to an activating group) is 1. The molecule has 0 rings (SSSR count). The van der Waals surface area contributed by atoms with Gasteiger partial charge >= 0.3 is 7.82 Å². The lowest BCUT2D eigenvalue weighted by atomic mass is 10.0. The molecule has 1 amide bonds. The molecule has 0 aromatic rings. The van der Waals surface area contributed by atoms with Crippen LogP contribution in [0.3, 0.4) is 0 Å². The van der Waals surface area contributed by atoms with Crippen LogP contribution in [0.1, 0.15) is 277 Å². The van der Waals surface area contributed by atoms with Gasteiger partial charge in [-0.25, -0.2) is 4.57 Å². The van der Waals surface area contributed by atoms with Gasteiger partial charge in [0, 0.05) is 6.42 Å². The van der Waals surface area contributed by atoms with Crippen LogP contribution in [0, 0.1) is 0 Å². The van der Waals surface area contributed by atoms with Crippen LogP contribution in [0.25, 0.3) is 0 Å². The van der Waals surface area contributed by atoms with E-state index in [9.17, 15) is 19.4 Å². The van der Waals surface area contributed by atoms with Gasteiger partial charge in [0.2, 0.25) is 5.91 Å². The number of carbonyl (C=O) groups excluding carboxylic acids is 1. The Labute approximate surface area is 404 Å². The molecule has 386 valence electrons. The van der Waals surface area contributed by atoms with Crippen molar-refractivity contribution < 1.29 is 32.9 Å². The normalized spacial score (nSPS) is 14.1. The zero-order chi connectivity index (χ0) is 47.8. The summed E-state index contributed by atoms with van der Waals surface area (Å²) in [6.45, 7) is 4.82. The molecule has 3 N–H and O–H groups in total. The largest absolute Gasteiger partial charge is 0.472 e. The number of allylic oxidation sites excluding steroid dienone is 3. The van der Waals surface area contributed by atoms with Crippen LogP contribution in [0.5, 0.6) is 0 Å². The molecule has 0 aliphatic rings. The fourth-order valence-corrected chi connectivity index (χ4v) is 9.21. The number of aliphatic hydroxyl groups is 1. The molecule has 0 bridgehead atoms. The van der Waals surface area contributed by atoms with Crippen molar-refractivity contribution in [1.82, 2.24) is 5.32 Å². The van der Waals surface area contributed by atoms with E-state index >= 15 is 0 Å². The summed E-state index contributed by atoms with van der Waals surface area (Å²) in [6.07, 6.45) is 60.1. The maximum atomic E-state index is 12.9. The molecule has 0 aliphatic carbocycles. The topological polar surface area (TPSA) is 105 Å². The van der Waals surface area contributed by atoms with Gasteiger partial charge in [0.25, 0.3) is 0 Å². The summed E-state index contributed by atoms with van der Waals surface area (Å²) in [5.74, 6) is -0.185. The SMILES string of the molecule is CCCCCCCCCCCCCCCCCCCCCCCCCCC/C=C/CC/C=C/C(O)C(COP(=O)(O)OCC[N+](C)(C)C)NC(=O)CCCCCCCCCCCCCC. The summed E-state index contributed by atoms with van der Waals surface area (Å²) in [6, 6.07) is -0.859. The number of rotatable bonds is 52. The average molecular weight is 940 g/mol. The van der Waals surface area contributed by atoms with Gasteiger partial charge in [-0.1, -0.05) is 263 Å². The molecule has 3 atom stereocenters. The van der Waals surface area contributed by atoms with Crippen molar-refractivity contribution in [2.75, 3.05) is 40.9 Å². The van der Waals surface area contributed by atoms with Gasteiger partial charge in [-0.15, -0.1) is 0 Å². The summed E-state index contributed by atoms with van der Waals surface area (Å²) in [7, 11) is 1.57. The zero-order valence-corrected chi connectivity index (χ0v) is 44.9. The first-order valence-electron chi connectivity index (χ1n) is 28.2. The number of phosphoric ester groups is 1. The Morgan fingerprint density at radius 2 is 0.846 bits per heavy atom. The van der Waals surface area contributed by atoms with Crippen molar-refractivity contribution in [3.05, 3.63) is 24.3 Å². The number of phosphoric acid groups is 1. The first kappa shape index (κ1) is 64.0.